The maximum atomic E-state index is 14.1. The molecule has 6 rings (SSSR count). The number of para-hydroxylation sites is 1. The van der Waals surface area contributed by atoms with Crippen LogP contribution in [0.15, 0.2) is 36.4 Å². The van der Waals surface area contributed by atoms with E-state index in [0.717, 1.165) is 74.2 Å². The van der Waals surface area contributed by atoms with Gasteiger partial charge in [-0.25, -0.2) is 9.59 Å². The molecule has 1 atom stereocenters. The van der Waals surface area contributed by atoms with Gasteiger partial charge in [-0.2, -0.15) is 0 Å². The first-order valence-electron chi connectivity index (χ1n) is 17.7. The second-order valence-electron chi connectivity index (χ2n) is 13.9. The first-order chi connectivity index (χ1) is 23.2. The number of halogens is 1. The van der Waals surface area contributed by atoms with E-state index >= 15 is 0 Å². The van der Waals surface area contributed by atoms with Crippen LogP contribution in [0.3, 0.4) is 0 Å². The summed E-state index contributed by atoms with van der Waals surface area (Å²) in [6, 6.07) is 11.2. The van der Waals surface area contributed by atoms with Crippen molar-refractivity contribution in [2.75, 3.05) is 77.0 Å². The third-order valence-electron chi connectivity index (χ3n) is 10.9. The van der Waals surface area contributed by atoms with Gasteiger partial charge < -0.3 is 36.0 Å². The Morgan fingerprint density at radius 3 is 2.31 bits per heavy atom. The molecule has 2 aromatic carbocycles. The molecule has 260 valence electrons. The fourth-order valence-corrected chi connectivity index (χ4v) is 8.06. The molecule has 4 aliphatic heterocycles. The van der Waals surface area contributed by atoms with Crippen molar-refractivity contribution in [2.45, 2.75) is 70.0 Å². The topological polar surface area (TPSA) is 117 Å². The summed E-state index contributed by atoms with van der Waals surface area (Å²) in [7, 11) is 2.17. The fraction of sp³-hybridized carbons (Fsp3) is 0.583. The molecule has 0 radical (unpaired) electrons. The molecule has 2 aromatic rings. The fourth-order valence-electron chi connectivity index (χ4n) is 7.80. The Hall–Kier alpha value is -3.54. The summed E-state index contributed by atoms with van der Waals surface area (Å²) in [5.41, 5.74) is 10.6. The maximum absolute atomic E-state index is 14.1. The van der Waals surface area contributed by atoms with Crippen LogP contribution in [-0.2, 0) is 24.1 Å². The Balaban J connectivity index is 1.09. The van der Waals surface area contributed by atoms with Crippen LogP contribution in [-0.4, -0.2) is 127 Å². The van der Waals surface area contributed by atoms with Crippen molar-refractivity contribution in [2.24, 2.45) is 0 Å². The number of nitrogen functional groups attached to an aromatic ring is 1. The normalized spacial score (nSPS) is 21.0. The number of nitrogens with two attached hydrogens (primary N) is 1. The summed E-state index contributed by atoms with van der Waals surface area (Å²) in [5, 5.41) is 6.66. The van der Waals surface area contributed by atoms with E-state index in [4.69, 9.17) is 17.3 Å². The number of aryl methyl sites for hydroxylation is 1. The van der Waals surface area contributed by atoms with Crippen molar-refractivity contribution in [1.29, 1.82) is 0 Å². The number of likely N-dealkylation sites (tertiary alicyclic amines) is 2. The average molecular weight is 679 g/mol. The number of hydrogen-bond acceptors (Lipinski definition) is 6. The quantitative estimate of drug-likeness (QED) is 0.383. The number of rotatable bonds is 7. The zero-order valence-corrected chi connectivity index (χ0v) is 29.2. The molecule has 0 saturated carbocycles. The Morgan fingerprint density at radius 1 is 0.938 bits per heavy atom. The first-order valence-corrected chi connectivity index (χ1v) is 18.1. The molecule has 0 spiro atoms. The third kappa shape index (κ3) is 7.84. The molecule has 3 saturated heterocycles. The maximum Gasteiger partial charge on any atom is 0.322 e. The minimum Gasteiger partial charge on any atom is -0.397 e. The predicted octanol–water partition coefficient (Wildman–Crippen LogP) is 3.90. The highest BCUT2D eigenvalue weighted by molar-refractivity contribution is 6.33. The first kappa shape index (κ1) is 34.3. The number of carbonyl (C=O) groups excluding carboxylic acids is 3. The molecule has 4 aliphatic rings. The number of hydrogen-bond donors (Lipinski definition) is 3. The van der Waals surface area contributed by atoms with Crippen molar-refractivity contribution in [3.63, 3.8) is 0 Å². The molecule has 12 heteroatoms. The van der Waals surface area contributed by atoms with Crippen LogP contribution in [0.5, 0.6) is 0 Å². The molecular formula is C36H51ClN8O3. The largest absolute Gasteiger partial charge is 0.397 e. The number of fused-ring (bicyclic) bond motifs is 1. The highest BCUT2D eigenvalue weighted by Crippen LogP contribution is 2.28. The second-order valence-corrected chi connectivity index (χ2v) is 14.3. The predicted molar refractivity (Wildman–Crippen MR) is 190 cm³/mol. The van der Waals surface area contributed by atoms with Crippen LogP contribution in [0.4, 0.5) is 21.0 Å². The van der Waals surface area contributed by atoms with Gasteiger partial charge in [-0.1, -0.05) is 42.8 Å². The minimum absolute atomic E-state index is 0.0479. The van der Waals surface area contributed by atoms with Gasteiger partial charge in [0.1, 0.15) is 6.04 Å². The van der Waals surface area contributed by atoms with Gasteiger partial charge in [0.05, 0.1) is 10.7 Å². The lowest BCUT2D eigenvalue weighted by Crippen LogP contribution is -2.58. The highest BCUT2D eigenvalue weighted by atomic mass is 35.5. The molecule has 0 unspecified atom stereocenters. The lowest BCUT2D eigenvalue weighted by molar-refractivity contribution is -0.135. The van der Waals surface area contributed by atoms with Gasteiger partial charge in [0.25, 0.3) is 0 Å². The van der Waals surface area contributed by atoms with E-state index in [1.807, 2.05) is 47.1 Å². The number of piperazine rings is 1. The van der Waals surface area contributed by atoms with Gasteiger partial charge in [0, 0.05) is 83.1 Å². The number of anilines is 2. The summed E-state index contributed by atoms with van der Waals surface area (Å²) in [6.45, 7) is 9.34. The lowest BCUT2D eigenvalue weighted by Gasteiger charge is -2.42. The molecule has 0 aromatic heterocycles. The lowest BCUT2D eigenvalue weighted by atomic mass is 9.98. The molecule has 5 amide bonds. The zero-order valence-electron chi connectivity index (χ0n) is 28.4. The molecule has 0 aliphatic carbocycles. The highest BCUT2D eigenvalue weighted by Gasteiger charge is 2.35. The van der Waals surface area contributed by atoms with Crippen molar-refractivity contribution in [1.82, 2.24) is 29.8 Å². The molecule has 4 N–H and O–H groups in total. The van der Waals surface area contributed by atoms with Gasteiger partial charge in [0.2, 0.25) is 5.91 Å². The van der Waals surface area contributed by atoms with E-state index in [9.17, 15) is 14.4 Å². The number of nitrogens with one attached hydrogen (secondary N) is 2. The van der Waals surface area contributed by atoms with E-state index < -0.39 is 6.04 Å². The smallest absolute Gasteiger partial charge is 0.322 e. The van der Waals surface area contributed by atoms with Crippen LogP contribution in [0.2, 0.25) is 5.02 Å². The standard InChI is InChI=1S/C36H51ClN8O3/c1-3-26-22-25(23-30(37)33(26)38)24-32(34(46)43-13-9-28(10-14-43)42-20-18-41(2)19-21-42)40-35(47)44-15-11-29(12-16-44)45-17-8-27-6-4-5-7-31(27)39-36(45)48/h4-7,22-23,28-29,32H,3,8-21,24,38H2,1-2H3,(H,39,48)(H,40,47)/t32-/m1/s1. The Morgan fingerprint density at radius 2 is 1.60 bits per heavy atom. The van der Waals surface area contributed by atoms with Crippen molar-refractivity contribution < 1.29 is 14.4 Å². The molecule has 4 heterocycles. The van der Waals surface area contributed by atoms with Crippen molar-refractivity contribution >= 4 is 40.9 Å². The van der Waals surface area contributed by atoms with E-state index in [2.05, 4.69) is 33.5 Å². The number of urea groups is 2. The van der Waals surface area contributed by atoms with Crippen molar-refractivity contribution in [3.8, 4) is 0 Å². The summed E-state index contributed by atoms with van der Waals surface area (Å²) in [6.07, 6.45) is 5.09. The van der Waals surface area contributed by atoms with Crippen LogP contribution < -0.4 is 16.4 Å². The zero-order chi connectivity index (χ0) is 33.8. The van der Waals surface area contributed by atoms with E-state index in [1.54, 1.807) is 4.90 Å². The SMILES string of the molecule is CCc1cc(C[C@@H](NC(=O)N2CCC(N3CCc4ccccc4NC3=O)CC2)C(=O)N2CCC(N3CCN(C)CC3)CC2)cc(Cl)c1N. The van der Waals surface area contributed by atoms with E-state index in [1.165, 1.54) is 0 Å². The molecule has 3 fully saturated rings. The number of benzene rings is 2. The third-order valence-corrected chi connectivity index (χ3v) is 11.2. The van der Waals surface area contributed by atoms with Gasteiger partial charge in [-0.15, -0.1) is 0 Å². The van der Waals surface area contributed by atoms with Crippen LogP contribution >= 0.6 is 11.6 Å². The van der Waals surface area contributed by atoms with Crippen LogP contribution in [0, 0.1) is 0 Å². The van der Waals surface area contributed by atoms with Gasteiger partial charge in [-0.05, 0) is 74.4 Å². The average Bonchev–Trinajstić information content (AvgIpc) is 3.27. The Kier molecular flexibility index (Phi) is 11.0. The van der Waals surface area contributed by atoms with Gasteiger partial charge >= 0.3 is 12.1 Å². The van der Waals surface area contributed by atoms with Crippen LogP contribution in [0.1, 0.15) is 49.3 Å². The number of piperidine rings is 2. The summed E-state index contributed by atoms with van der Waals surface area (Å²) >= 11 is 6.50. The summed E-state index contributed by atoms with van der Waals surface area (Å²) in [4.78, 5) is 51.6. The van der Waals surface area contributed by atoms with Crippen molar-refractivity contribution in [3.05, 3.63) is 58.1 Å². The number of amides is 5. The van der Waals surface area contributed by atoms with Gasteiger partial charge in [-0.3, -0.25) is 9.69 Å². The Labute approximate surface area is 289 Å². The number of carbonyl (C=O) groups is 3. The summed E-state index contributed by atoms with van der Waals surface area (Å²) in [5.74, 6) is -0.0538. The van der Waals surface area contributed by atoms with E-state index in [-0.39, 0.29) is 24.0 Å². The van der Waals surface area contributed by atoms with Crippen LogP contribution in [0.25, 0.3) is 0 Å². The number of nitrogens with zero attached hydrogens (tertiary/aromatic N) is 5. The molecule has 48 heavy (non-hydrogen) atoms. The second kappa shape index (κ2) is 15.3. The molecular weight excluding hydrogens is 628 g/mol. The Bertz CT molecular complexity index is 1470. The minimum atomic E-state index is -0.727. The summed E-state index contributed by atoms with van der Waals surface area (Å²) < 4.78 is 0. The molecule has 0 bridgehead atoms. The van der Waals surface area contributed by atoms with E-state index in [0.29, 0.717) is 68.7 Å². The number of likely N-dealkylation sites (N-methyl/N-ethyl adjacent to an activating group) is 1. The monoisotopic (exact) mass is 678 g/mol. The molecule has 11 nitrogen and oxygen atoms in total. The van der Waals surface area contributed by atoms with Gasteiger partial charge in [0.15, 0.2) is 0 Å².